The molecule has 14 heavy (non-hydrogen) atoms. The molecular weight excluding hydrogens is 182 g/mol. The topological polar surface area (TPSA) is 57.6 Å². The number of ether oxygens (including phenoxy) is 2. The predicted octanol–water partition coefficient (Wildman–Crippen LogP) is 0.565. The van der Waals surface area contributed by atoms with Crippen LogP contribution in [0.3, 0.4) is 0 Å². The highest BCUT2D eigenvalue weighted by molar-refractivity contribution is 5.07. The van der Waals surface area contributed by atoms with Crippen LogP contribution in [0.4, 0.5) is 0 Å². The second-order valence-corrected chi connectivity index (χ2v) is 3.48. The minimum atomic E-state index is -0.0205. The Hall–Kier alpha value is -0.840. The van der Waals surface area contributed by atoms with Crippen molar-refractivity contribution in [2.45, 2.75) is 18.6 Å². The molecule has 2 heterocycles. The highest BCUT2D eigenvalue weighted by Gasteiger charge is 2.22. The van der Waals surface area contributed by atoms with E-state index in [1.54, 1.807) is 12.5 Å². The Kier molecular flexibility index (Phi) is 3.18. The molecular formula is C10H15NO3. The minimum absolute atomic E-state index is 0.0126. The Balaban J connectivity index is 1.85. The summed E-state index contributed by atoms with van der Waals surface area (Å²) in [4.78, 5) is 0. The van der Waals surface area contributed by atoms with Gasteiger partial charge in [-0.2, -0.15) is 0 Å². The lowest BCUT2D eigenvalue weighted by atomic mass is 10.0. The summed E-state index contributed by atoms with van der Waals surface area (Å²) in [6.07, 6.45) is 4.15. The van der Waals surface area contributed by atoms with Gasteiger partial charge in [-0.3, -0.25) is 0 Å². The average molecular weight is 197 g/mol. The molecule has 2 unspecified atom stereocenters. The van der Waals surface area contributed by atoms with Crippen molar-refractivity contribution in [2.75, 3.05) is 19.8 Å². The second kappa shape index (κ2) is 4.59. The lowest BCUT2D eigenvalue weighted by Gasteiger charge is -2.27. The van der Waals surface area contributed by atoms with Crippen LogP contribution in [0.25, 0.3) is 0 Å². The molecule has 1 aliphatic heterocycles. The summed E-state index contributed by atoms with van der Waals surface area (Å²) in [5, 5.41) is 0. The summed E-state index contributed by atoms with van der Waals surface area (Å²) in [6.45, 7) is 1.91. The number of furan rings is 1. The van der Waals surface area contributed by atoms with Crippen molar-refractivity contribution in [3.8, 4) is 0 Å². The van der Waals surface area contributed by atoms with Gasteiger partial charge in [0.2, 0.25) is 0 Å². The average Bonchev–Trinajstić information content (AvgIpc) is 2.72. The van der Waals surface area contributed by atoms with E-state index in [0.717, 1.165) is 12.0 Å². The van der Waals surface area contributed by atoms with E-state index in [-0.39, 0.29) is 12.1 Å². The van der Waals surface area contributed by atoms with Crippen LogP contribution in [0.5, 0.6) is 0 Å². The lowest BCUT2D eigenvalue weighted by Crippen LogP contribution is -2.44. The second-order valence-electron chi connectivity index (χ2n) is 3.48. The molecule has 0 bridgehead atoms. The van der Waals surface area contributed by atoms with Crippen molar-refractivity contribution in [1.29, 1.82) is 0 Å². The third kappa shape index (κ3) is 2.35. The normalized spacial score (nSPS) is 24.8. The van der Waals surface area contributed by atoms with Gasteiger partial charge in [-0.15, -0.1) is 0 Å². The first-order valence-electron chi connectivity index (χ1n) is 4.82. The van der Waals surface area contributed by atoms with Gasteiger partial charge >= 0.3 is 0 Å². The van der Waals surface area contributed by atoms with Gasteiger partial charge in [0.05, 0.1) is 38.5 Å². The molecule has 0 amide bonds. The first-order valence-corrected chi connectivity index (χ1v) is 4.82. The van der Waals surface area contributed by atoms with E-state index in [2.05, 4.69) is 0 Å². The van der Waals surface area contributed by atoms with Crippen LogP contribution < -0.4 is 5.73 Å². The third-order valence-electron chi connectivity index (χ3n) is 2.37. The Morgan fingerprint density at radius 1 is 1.50 bits per heavy atom. The predicted molar refractivity (Wildman–Crippen MR) is 50.9 cm³/mol. The summed E-state index contributed by atoms with van der Waals surface area (Å²) in [5.41, 5.74) is 7.10. The molecule has 1 saturated heterocycles. The highest BCUT2D eigenvalue weighted by atomic mass is 16.6. The molecule has 2 N–H and O–H groups in total. The minimum Gasteiger partial charge on any atom is -0.472 e. The number of hydrogen-bond acceptors (Lipinski definition) is 4. The molecule has 4 heteroatoms. The molecule has 0 radical (unpaired) electrons. The monoisotopic (exact) mass is 197 g/mol. The quantitative estimate of drug-likeness (QED) is 0.769. The van der Waals surface area contributed by atoms with Gasteiger partial charge in [0.25, 0.3) is 0 Å². The fourth-order valence-corrected chi connectivity index (χ4v) is 1.57. The highest BCUT2D eigenvalue weighted by Crippen LogP contribution is 2.10. The van der Waals surface area contributed by atoms with Crippen LogP contribution in [0.1, 0.15) is 5.56 Å². The van der Waals surface area contributed by atoms with Crippen molar-refractivity contribution in [3.05, 3.63) is 24.2 Å². The van der Waals surface area contributed by atoms with E-state index in [4.69, 9.17) is 19.6 Å². The summed E-state index contributed by atoms with van der Waals surface area (Å²) in [5.74, 6) is 0. The van der Waals surface area contributed by atoms with Crippen LogP contribution in [0.15, 0.2) is 23.0 Å². The lowest BCUT2D eigenvalue weighted by molar-refractivity contribution is -0.0967. The van der Waals surface area contributed by atoms with Crippen LogP contribution in [-0.2, 0) is 15.9 Å². The zero-order chi connectivity index (χ0) is 9.80. The van der Waals surface area contributed by atoms with Gasteiger partial charge in [-0.1, -0.05) is 0 Å². The van der Waals surface area contributed by atoms with Crippen molar-refractivity contribution in [2.24, 2.45) is 5.73 Å². The maximum atomic E-state index is 5.99. The zero-order valence-corrected chi connectivity index (χ0v) is 8.02. The molecule has 1 aromatic heterocycles. The van der Waals surface area contributed by atoms with Crippen molar-refractivity contribution < 1.29 is 13.9 Å². The van der Waals surface area contributed by atoms with Gasteiger partial charge in [0.1, 0.15) is 0 Å². The zero-order valence-electron chi connectivity index (χ0n) is 8.02. The first-order chi connectivity index (χ1) is 6.86. The fourth-order valence-electron chi connectivity index (χ4n) is 1.57. The van der Waals surface area contributed by atoms with E-state index in [1.807, 2.05) is 6.07 Å². The molecule has 0 aromatic carbocycles. The molecule has 78 valence electrons. The van der Waals surface area contributed by atoms with E-state index < -0.39 is 0 Å². The number of rotatable bonds is 3. The molecule has 1 aromatic rings. The summed E-state index contributed by atoms with van der Waals surface area (Å²) < 4.78 is 15.8. The van der Waals surface area contributed by atoms with E-state index in [0.29, 0.717) is 19.8 Å². The Morgan fingerprint density at radius 2 is 2.43 bits per heavy atom. The Labute approximate surface area is 83.0 Å². The van der Waals surface area contributed by atoms with Crippen molar-refractivity contribution >= 4 is 0 Å². The van der Waals surface area contributed by atoms with Crippen molar-refractivity contribution in [1.82, 2.24) is 0 Å². The molecule has 1 aliphatic rings. The van der Waals surface area contributed by atoms with E-state index in [1.165, 1.54) is 0 Å². The molecule has 1 fully saturated rings. The number of nitrogens with two attached hydrogens (primary N) is 1. The molecule has 4 nitrogen and oxygen atoms in total. The number of hydrogen-bond donors (Lipinski definition) is 1. The summed E-state index contributed by atoms with van der Waals surface area (Å²) in [7, 11) is 0. The standard InChI is InChI=1S/C10H15NO3/c11-9(5-8-1-2-12-6-8)10-7-13-3-4-14-10/h1-2,6,9-10H,3-5,7,11H2. The Bertz CT molecular complexity index is 254. The van der Waals surface area contributed by atoms with Gasteiger partial charge in [0, 0.05) is 6.04 Å². The largest absolute Gasteiger partial charge is 0.472 e. The summed E-state index contributed by atoms with van der Waals surface area (Å²) in [6, 6.07) is 1.90. The van der Waals surface area contributed by atoms with Crippen LogP contribution in [0, 0.1) is 0 Å². The maximum absolute atomic E-state index is 5.99. The SMILES string of the molecule is NC(Cc1ccoc1)C1COCCO1. The van der Waals surface area contributed by atoms with Crippen LogP contribution in [0.2, 0.25) is 0 Å². The van der Waals surface area contributed by atoms with Gasteiger partial charge < -0.3 is 19.6 Å². The van der Waals surface area contributed by atoms with Gasteiger partial charge in [-0.25, -0.2) is 0 Å². The third-order valence-corrected chi connectivity index (χ3v) is 2.37. The molecule has 2 atom stereocenters. The van der Waals surface area contributed by atoms with Crippen LogP contribution in [-0.4, -0.2) is 32.0 Å². The molecule has 0 saturated carbocycles. The fraction of sp³-hybridized carbons (Fsp3) is 0.600. The van der Waals surface area contributed by atoms with E-state index in [9.17, 15) is 0 Å². The first kappa shape index (κ1) is 9.71. The Morgan fingerprint density at radius 3 is 3.07 bits per heavy atom. The van der Waals surface area contributed by atoms with E-state index >= 15 is 0 Å². The summed E-state index contributed by atoms with van der Waals surface area (Å²) >= 11 is 0. The smallest absolute Gasteiger partial charge is 0.0963 e. The molecule has 0 spiro atoms. The van der Waals surface area contributed by atoms with Crippen LogP contribution >= 0.6 is 0 Å². The van der Waals surface area contributed by atoms with Gasteiger partial charge in [-0.05, 0) is 18.1 Å². The molecule has 2 rings (SSSR count). The van der Waals surface area contributed by atoms with Crippen molar-refractivity contribution in [3.63, 3.8) is 0 Å². The molecule has 0 aliphatic carbocycles. The maximum Gasteiger partial charge on any atom is 0.0963 e. The van der Waals surface area contributed by atoms with Gasteiger partial charge in [0.15, 0.2) is 0 Å².